The van der Waals surface area contributed by atoms with Crippen molar-refractivity contribution in [2.45, 2.75) is 38.7 Å². The summed E-state index contributed by atoms with van der Waals surface area (Å²) in [5.41, 5.74) is -1.03. The van der Waals surface area contributed by atoms with Gasteiger partial charge in [-0.2, -0.15) is 0 Å². The largest absolute Gasteiger partial charge is 0.383 e. The van der Waals surface area contributed by atoms with E-state index in [1.54, 1.807) is 6.92 Å². The van der Waals surface area contributed by atoms with E-state index in [1.807, 2.05) is 24.4 Å². The van der Waals surface area contributed by atoms with Crippen molar-refractivity contribution in [1.82, 2.24) is 15.5 Å². The zero-order valence-corrected chi connectivity index (χ0v) is 18.3. The van der Waals surface area contributed by atoms with Crippen molar-refractivity contribution in [2.24, 2.45) is 4.99 Å². The number of likely N-dealkylation sites (tertiary alicyclic amines) is 1. The molecule has 2 heterocycles. The molecule has 0 bridgehead atoms. The Morgan fingerprint density at radius 3 is 2.62 bits per heavy atom. The minimum atomic E-state index is -1.03. The van der Waals surface area contributed by atoms with Gasteiger partial charge >= 0.3 is 0 Å². The lowest BCUT2D eigenvalue weighted by molar-refractivity contribution is -0.147. The minimum Gasteiger partial charge on any atom is -0.383 e. The molecule has 2 rings (SSSR count). The van der Waals surface area contributed by atoms with E-state index in [0.717, 1.165) is 4.88 Å². The van der Waals surface area contributed by atoms with Gasteiger partial charge in [-0.1, -0.05) is 6.07 Å². The molecule has 1 saturated heterocycles. The second kappa shape index (κ2) is 10.8. The number of aliphatic imine (C=N–C) groups is 1. The molecule has 1 atom stereocenters. The van der Waals surface area contributed by atoms with E-state index >= 15 is 0 Å². The summed E-state index contributed by atoms with van der Waals surface area (Å²) in [7, 11) is 0. The number of hydrogen-bond donors (Lipinski definition) is 3. The van der Waals surface area contributed by atoms with Crippen molar-refractivity contribution >= 4 is 53.1 Å². The predicted molar refractivity (Wildman–Crippen MR) is 114 cm³/mol. The molecule has 0 spiro atoms. The lowest BCUT2D eigenvalue weighted by atomic mass is 10.1. The van der Waals surface area contributed by atoms with Crippen LogP contribution in [0, 0.1) is 0 Å². The van der Waals surface area contributed by atoms with Gasteiger partial charge in [0.05, 0.1) is 6.54 Å². The lowest BCUT2D eigenvalue weighted by Crippen LogP contribution is -2.46. The fourth-order valence-electron chi connectivity index (χ4n) is 2.57. The zero-order chi connectivity index (χ0) is 18.3. The molecule has 1 aromatic rings. The Hall–Kier alpha value is -1.20. The first kappa shape index (κ1) is 22.8. The molecule has 0 radical (unpaired) electrons. The molecule has 146 valence electrons. The topological polar surface area (TPSA) is 94.0 Å². The first-order valence-corrected chi connectivity index (χ1v) is 9.43. The average Bonchev–Trinajstić information content (AvgIpc) is 3.11. The van der Waals surface area contributed by atoms with Gasteiger partial charge in [0, 0.05) is 37.4 Å². The highest BCUT2D eigenvalue weighted by atomic mass is 127. The summed E-state index contributed by atoms with van der Waals surface area (Å²) >= 11 is 1.49. The number of amides is 2. The van der Waals surface area contributed by atoms with Gasteiger partial charge in [0.15, 0.2) is 5.96 Å². The lowest BCUT2D eigenvalue weighted by Gasteiger charge is -2.25. The van der Waals surface area contributed by atoms with E-state index in [9.17, 15) is 14.7 Å². The van der Waals surface area contributed by atoms with Crippen molar-refractivity contribution in [3.8, 4) is 0 Å². The van der Waals surface area contributed by atoms with Crippen molar-refractivity contribution in [1.29, 1.82) is 0 Å². The van der Waals surface area contributed by atoms with E-state index in [-0.39, 0.29) is 42.3 Å². The monoisotopic (exact) mass is 494 g/mol. The second-order valence-corrected chi connectivity index (χ2v) is 7.11. The smallest absolute Gasteiger partial charge is 0.229 e. The maximum absolute atomic E-state index is 11.8. The standard InChI is InChI=1S/C17H26N4O3S.HI/c1-3-18-16(20-12-17(2,24)13-6-5-11-25-13)19-9-10-21-14(22)7-4-8-15(21)23;/h5-6,11,24H,3-4,7-10,12H2,1-2H3,(H2,18,19,20);1H. The minimum absolute atomic E-state index is 0. The van der Waals surface area contributed by atoms with Crippen LogP contribution in [-0.2, 0) is 15.2 Å². The van der Waals surface area contributed by atoms with Crippen LogP contribution >= 0.6 is 35.3 Å². The van der Waals surface area contributed by atoms with Gasteiger partial charge in [-0.25, -0.2) is 4.99 Å². The van der Waals surface area contributed by atoms with E-state index in [4.69, 9.17) is 0 Å². The third-order valence-corrected chi connectivity index (χ3v) is 5.08. The predicted octanol–water partition coefficient (Wildman–Crippen LogP) is 1.67. The van der Waals surface area contributed by atoms with E-state index in [1.165, 1.54) is 16.2 Å². The van der Waals surface area contributed by atoms with Gasteiger partial charge in [-0.05, 0) is 31.7 Å². The summed E-state index contributed by atoms with van der Waals surface area (Å²) in [4.78, 5) is 30.2. The third kappa shape index (κ3) is 6.51. The Morgan fingerprint density at radius 1 is 1.35 bits per heavy atom. The normalized spacial score (nSPS) is 17.5. The van der Waals surface area contributed by atoms with Gasteiger partial charge in [-0.15, -0.1) is 35.3 Å². The maximum Gasteiger partial charge on any atom is 0.229 e. The summed E-state index contributed by atoms with van der Waals surface area (Å²) in [6.07, 6.45) is 1.51. The van der Waals surface area contributed by atoms with Crippen LogP contribution in [0.15, 0.2) is 22.5 Å². The third-order valence-electron chi connectivity index (χ3n) is 3.95. The number of nitrogens with zero attached hydrogens (tertiary/aromatic N) is 2. The highest BCUT2D eigenvalue weighted by Gasteiger charge is 2.26. The first-order valence-electron chi connectivity index (χ1n) is 8.56. The Bertz CT molecular complexity index is 604. The van der Waals surface area contributed by atoms with Gasteiger partial charge in [0.2, 0.25) is 11.8 Å². The van der Waals surface area contributed by atoms with Gasteiger partial charge in [0.1, 0.15) is 5.60 Å². The van der Waals surface area contributed by atoms with Crippen LogP contribution in [-0.4, -0.2) is 54.0 Å². The molecule has 3 N–H and O–H groups in total. The fraction of sp³-hybridized carbons (Fsp3) is 0.588. The van der Waals surface area contributed by atoms with Gasteiger partial charge in [-0.3, -0.25) is 14.5 Å². The molecule has 1 fully saturated rings. The first-order chi connectivity index (χ1) is 11.9. The molecular weight excluding hydrogens is 467 g/mol. The number of piperidine rings is 1. The molecule has 0 aromatic carbocycles. The van der Waals surface area contributed by atoms with Crippen molar-refractivity contribution in [2.75, 3.05) is 26.2 Å². The summed E-state index contributed by atoms with van der Waals surface area (Å²) in [6.45, 7) is 5.32. The molecule has 0 aliphatic carbocycles. The Kier molecular flexibility index (Phi) is 9.51. The van der Waals surface area contributed by atoms with Crippen LogP contribution in [0.4, 0.5) is 0 Å². The van der Waals surface area contributed by atoms with Crippen molar-refractivity contribution in [3.63, 3.8) is 0 Å². The number of thiophene rings is 1. The molecule has 1 aliphatic rings. The molecule has 26 heavy (non-hydrogen) atoms. The SMILES string of the molecule is CCNC(=NCC(C)(O)c1cccs1)NCCN1C(=O)CCCC1=O.I. The average molecular weight is 494 g/mol. The highest BCUT2D eigenvalue weighted by molar-refractivity contribution is 14.0. The number of imide groups is 1. The molecular formula is C17H27IN4O3S. The van der Waals surface area contributed by atoms with E-state index in [2.05, 4.69) is 15.6 Å². The Morgan fingerprint density at radius 2 is 2.04 bits per heavy atom. The van der Waals surface area contributed by atoms with Crippen LogP contribution in [0.1, 0.15) is 38.0 Å². The number of carbonyl (C=O) groups is 2. The van der Waals surface area contributed by atoms with Gasteiger partial charge in [0.25, 0.3) is 0 Å². The molecule has 1 aliphatic heterocycles. The molecule has 1 unspecified atom stereocenters. The number of guanidine groups is 1. The van der Waals surface area contributed by atoms with Crippen LogP contribution in [0.5, 0.6) is 0 Å². The number of rotatable bonds is 7. The number of hydrogen-bond acceptors (Lipinski definition) is 5. The number of halogens is 1. The van der Waals surface area contributed by atoms with Crippen molar-refractivity contribution in [3.05, 3.63) is 22.4 Å². The fourth-order valence-corrected chi connectivity index (χ4v) is 3.35. The summed E-state index contributed by atoms with van der Waals surface area (Å²) in [5.74, 6) is 0.331. The molecule has 7 nitrogen and oxygen atoms in total. The van der Waals surface area contributed by atoms with Crippen LogP contribution in [0.3, 0.4) is 0 Å². The summed E-state index contributed by atoms with van der Waals surface area (Å²) in [5, 5.41) is 18.7. The molecule has 9 heteroatoms. The molecule has 1 aromatic heterocycles. The quantitative estimate of drug-likeness (QED) is 0.232. The summed E-state index contributed by atoms with van der Waals surface area (Å²) in [6, 6.07) is 3.78. The van der Waals surface area contributed by atoms with Gasteiger partial charge < -0.3 is 15.7 Å². The number of carbonyl (C=O) groups excluding carboxylic acids is 2. The molecule has 2 amide bonds. The maximum atomic E-state index is 11.8. The number of nitrogens with one attached hydrogen (secondary N) is 2. The van der Waals surface area contributed by atoms with Crippen LogP contribution in [0.2, 0.25) is 0 Å². The Labute approximate surface area is 175 Å². The second-order valence-electron chi connectivity index (χ2n) is 6.17. The summed E-state index contributed by atoms with van der Waals surface area (Å²) < 4.78 is 0. The van der Waals surface area contributed by atoms with Crippen LogP contribution < -0.4 is 10.6 Å². The Balaban J connectivity index is 0.00000338. The van der Waals surface area contributed by atoms with Crippen LogP contribution in [0.25, 0.3) is 0 Å². The number of aliphatic hydroxyl groups is 1. The van der Waals surface area contributed by atoms with E-state index < -0.39 is 5.60 Å². The highest BCUT2D eigenvalue weighted by Crippen LogP contribution is 2.25. The zero-order valence-electron chi connectivity index (χ0n) is 15.2. The van der Waals surface area contributed by atoms with E-state index in [0.29, 0.717) is 44.9 Å². The molecule has 0 saturated carbocycles. The van der Waals surface area contributed by atoms with Crippen molar-refractivity contribution < 1.29 is 14.7 Å².